The van der Waals surface area contributed by atoms with E-state index in [4.69, 9.17) is 14.3 Å². The van der Waals surface area contributed by atoms with Crippen molar-refractivity contribution in [3.63, 3.8) is 0 Å². The van der Waals surface area contributed by atoms with Gasteiger partial charge in [-0.05, 0) is 56.4 Å². The zero-order chi connectivity index (χ0) is 28.5. The van der Waals surface area contributed by atoms with Crippen LogP contribution in [0.25, 0.3) is 11.1 Å². The van der Waals surface area contributed by atoms with Crippen LogP contribution in [0.3, 0.4) is 0 Å². The van der Waals surface area contributed by atoms with Crippen LogP contribution in [0.15, 0.2) is 56.9 Å². The second kappa shape index (κ2) is 11.1. The molecule has 40 heavy (non-hydrogen) atoms. The van der Waals surface area contributed by atoms with E-state index >= 15 is 0 Å². The zero-order valence-electron chi connectivity index (χ0n) is 23.5. The minimum Gasteiger partial charge on any atom is -0.497 e. The van der Waals surface area contributed by atoms with E-state index in [0.29, 0.717) is 29.1 Å². The van der Waals surface area contributed by atoms with Gasteiger partial charge in [0, 0.05) is 23.6 Å². The number of rotatable bonds is 10. The van der Waals surface area contributed by atoms with Crippen molar-refractivity contribution in [2.45, 2.75) is 82.7 Å². The lowest BCUT2D eigenvalue weighted by Gasteiger charge is -2.23. The van der Waals surface area contributed by atoms with Crippen molar-refractivity contribution in [3.05, 3.63) is 59.3 Å². The summed E-state index contributed by atoms with van der Waals surface area (Å²) in [5.41, 5.74) is 2.86. The Bertz CT molecular complexity index is 1540. The van der Waals surface area contributed by atoms with Gasteiger partial charge in [-0.3, -0.25) is 14.7 Å². The van der Waals surface area contributed by atoms with Crippen molar-refractivity contribution in [2.75, 3.05) is 11.8 Å². The number of amides is 1. The van der Waals surface area contributed by atoms with Gasteiger partial charge in [-0.2, -0.15) is 0 Å². The predicted molar refractivity (Wildman–Crippen MR) is 154 cm³/mol. The molecule has 0 unspecified atom stereocenters. The lowest BCUT2D eigenvalue weighted by molar-refractivity contribution is -0.131. The Morgan fingerprint density at radius 1 is 1.10 bits per heavy atom. The maximum atomic E-state index is 13.5. The lowest BCUT2D eigenvalue weighted by Crippen LogP contribution is -2.40. The van der Waals surface area contributed by atoms with E-state index in [0.717, 1.165) is 61.9 Å². The number of aryl methyl sites for hydroxylation is 1. The molecule has 1 fully saturated rings. The third kappa shape index (κ3) is 5.24. The Kier molecular flexibility index (Phi) is 7.72. The van der Waals surface area contributed by atoms with Gasteiger partial charge in [-0.15, -0.1) is 0 Å². The Labute approximate surface area is 235 Å². The number of methoxy groups -OCH3 is 1. The second-order valence-corrected chi connectivity index (χ2v) is 12.3. The number of ether oxygens (including phenoxy) is 1. The maximum absolute atomic E-state index is 13.5. The van der Waals surface area contributed by atoms with Crippen LogP contribution in [0.2, 0.25) is 0 Å². The van der Waals surface area contributed by atoms with E-state index in [9.17, 15) is 13.2 Å². The molecule has 0 atom stereocenters. The highest BCUT2D eigenvalue weighted by Gasteiger charge is 2.49. The first kappa shape index (κ1) is 27.9. The standard InChI is InChI=1S/C30H36N4O5S/c1-5-6-9-27-31-30(16-7-8-17-30)29(35)34(27)19-22-10-12-23(13-11-22)25-15-14-24(38-4)18-26(25)40(36,37)33-28-20(2)21(3)32-39-28/h10-15,18,33H,5-9,16-17,19H2,1-4H3. The summed E-state index contributed by atoms with van der Waals surface area (Å²) in [4.78, 5) is 20.4. The average molecular weight is 565 g/mol. The fourth-order valence-electron chi connectivity index (χ4n) is 5.45. The van der Waals surface area contributed by atoms with Crippen molar-refractivity contribution in [2.24, 2.45) is 4.99 Å². The number of nitrogens with zero attached hydrogens (tertiary/aromatic N) is 3. The van der Waals surface area contributed by atoms with Crippen molar-refractivity contribution in [1.82, 2.24) is 10.1 Å². The zero-order valence-corrected chi connectivity index (χ0v) is 24.3. The normalized spacial score (nSPS) is 16.6. The van der Waals surface area contributed by atoms with Crippen LogP contribution in [0.5, 0.6) is 5.75 Å². The minimum atomic E-state index is -4.03. The number of anilines is 1. The number of benzene rings is 2. The van der Waals surface area contributed by atoms with Crippen molar-refractivity contribution >= 4 is 27.7 Å². The summed E-state index contributed by atoms with van der Waals surface area (Å²) in [6.07, 6.45) is 6.56. The van der Waals surface area contributed by atoms with Crippen LogP contribution in [-0.2, 0) is 21.4 Å². The van der Waals surface area contributed by atoms with Crippen molar-refractivity contribution in [1.29, 1.82) is 0 Å². The van der Waals surface area contributed by atoms with Gasteiger partial charge in [-0.1, -0.05) is 55.6 Å². The highest BCUT2D eigenvalue weighted by Crippen LogP contribution is 2.40. The van der Waals surface area contributed by atoms with Crippen LogP contribution in [0.4, 0.5) is 5.88 Å². The average Bonchev–Trinajstić information content (AvgIpc) is 3.63. The first-order valence-electron chi connectivity index (χ1n) is 13.8. The van der Waals surface area contributed by atoms with Gasteiger partial charge < -0.3 is 9.26 Å². The number of unbranched alkanes of at least 4 members (excludes halogenated alkanes) is 1. The van der Waals surface area contributed by atoms with Crippen LogP contribution in [0, 0.1) is 13.8 Å². The maximum Gasteiger partial charge on any atom is 0.265 e. The number of nitrogens with one attached hydrogen (secondary N) is 1. The molecule has 3 aromatic rings. The summed E-state index contributed by atoms with van der Waals surface area (Å²) in [6, 6.07) is 12.6. The number of aliphatic imine (C=N–C) groups is 1. The third-order valence-corrected chi connectivity index (χ3v) is 9.32. The molecule has 9 nitrogen and oxygen atoms in total. The van der Waals surface area contributed by atoms with E-state index < -0.39 is 15.6 Å². The largest absolute Gasteiger partial charge is 0.497 e. The molecule has 1 amide bonds. The molecule has 1 aliphatic carbocycles. The highest BCUT2D eigenvalue weighted by atomic mass is 32.2. The fraction of sp³-hybridized carbons (Fsp3) is 0.433. The molecule has 1 spiro atoms. The monoisotopic (exact) mass is 564 g/mol. The molecule has 5 rings (SSSR count). The number of aromatic nitrogens is 1. The van der Waals surface area contributed by atoms with Crippen molar-refractivity contribution in [3.8, 4) is 16.9 Å². The SMILES string of the molecule is CCCCC1=NC2(CCCC2)C(=O)N1Cc1ccc(-c2ccc(OC)cc2S(=O)(=O)Nc2onc(C)c2C)cc1. The second-order valence-electron chi connectivity index (χ2n) is 10.6. The number of sulfonamides is 1. The molecule has 2 aliphatic rings. The van der Waals surface area contributed by atoms with Gasteiger partial charge in [0.05, 0.1) is 24.2 Å². The Morgan fingerprint density at radius 2 is 1.82 bits per heavy atom. The minimum absolute atomic E-state index is 0.0555. The van der Waals surface area contributed by atoms with Crippen LogP contribution in [0.1, 0.15) is 68.7 Å². The van der Waals surface area contributed by atoms with E-state index in [2.05, 4.69) is 16.8 Å². The summed E-state index contributed by atoms with van der Waals surface area (Å²) < 4.78 is 40.0. The number of amidine groups is 1. The molecule has 1 aromatic heterocycles. The van der Waals surface area contributed by atoms with E-state index in [1.54, 1.807) is 26.0 Å². The highest BCUT2D eigenvalue weighted by molar-refractivity contribution is 7.92. The molecule has 0 radical (unpaired) electrons. The molecular formula is C30H36N4O5S. The Balaban J connectivity index is 1.42. The molecular weight excluding hydrogens is 528 g/mol. The third-order valence-electron chi connectivity index (χ3n) is 7.95. The summed E-state index contributed by atoms with van der Waals surface area (Å²) in [7, 11) is -2.54. The van der Waals surface area contributed by atoms with Gasteiger partial charge in [0.25, 0.3) is 15.9 Å². The molecule has 2 heterocycles. The molecule has 212 valence electrons. The quantitative estimate of drug-likeness (QED) is 0.323. The first-order chi connectivity index (χ1) is 19.2. The molecule has 0 bridgehead atoms. The van der Waals surface area contributed by atoms with Crippen LogP contribution < -0.4 is 9.46 Å². The van der Waals surface area contributed by atoms with Crippen LogP contribution in [-0.4, -0.2) is 42.9 Å². The van der Waals surface area contributed by atoms with Crippen molar-refractivity contribution < 1.29 is 22.5 Å². The number of carbonyl (C=O) groups excluding carboxylic acids is 1. The summed E-state index contributed by atoms with van der Waals surface area (Å²) in [6.45, 7) is 6.08. The molecule has 1 aliphatic heterocycles. The molecule has 1 N–H and O–H groups in total. The number of hydrogen-bond donors (Lipinski definition) is 1. The molecule has 1 saturated carbocycles. The van der Waals surface area contributed by atoms with E-state index in [1.165, 1.54) is 13.2 Å². The Morgan fingerprint density at radius 3 is 2.45 bits per heavy atom. The molecule has 10 heteroatoms. The van der Waals surface area contributed by atoms with Gasteiger partial charge in [0.15, 0.2) is 0 Å². The van der Waals surface area contributed by atoms with Gasteiger partial charge in [0.1, 0.15) is 17.1 Å². The van der Waals surface area contributed by atoms with E-state index in [-0.39, 0.29) is 16.7 Å². The number of carbonyl (C=O) groups is 1. The van der Waals surface area contributed by atoms with Gasteiger partial charge in [-0.25, -0.2) is 13.1 Å². The predicted octanol–water partition coefficient (Wildman–Crippen LogP) is 6.01. The van der Waals surface area contributed by atoms with Gasteiger partial charge in [0.2, 0.25) is 5.88 Å². The topological polar surface area (TPSA) is 114 Å². The summed E-state index contributed by atoms with van der Waals surface area (Å²) in [5, 5.41) is 3.85. The van der Waals surface area contributed by atoms with E-state index in [1.807, 2.05) is 29.2 Å². The first-order valence-corrected chi connectivity index (χ1v) is 15.3. The molecule has 2 aromatic carbocycles. The van der Waals surface area contributed by atoms with Gasteiger partial charge >= 0.3 is 0 Å². The molecule has 0 saturated heterocycles. The fourth-order valence-corrected chi connectivity index (χ4v) is 6.74. The Hall–Kier alpha value is -3.66. The smallest absolute Gasteiger partial charge is 0.265 e. The summed E-state index contributed by atoms with van der Waals surface area (Å²) >= 11 is 0. The lowest BCUT2D eigenvalue weighted by atomic mass is 9.98. The number of hydrogen-bond acceptors (Lipinski definition) is 7. The summed E-state index contributed by atoms with van der Waals surface area (Å²) in [5.74, 6) is 1.51. The van der Waals surface area contributed by atoms with Crippen LogP contribution >= 0.6 is 0 Å².